The minimum Gasteiger partial charge on any atom is -0.367 e. The van der Waals surface area contributed by atoms with Crippen molar-refractivity contribution in [3.05, 3.63) is 76.1 Å². The average Bonchev–Trinajstić information content (AvgIpc) is 3.36. The summed E-state index contributed by atoms with van der Waals surface area (Å²) in [6.45, 7) is 3.85. The Labute approximate surface area is 228 Å². The van der Waals surface area contributed by atoms with Gasteiger partial charge in [-0.1, -0.05) is 17.7 Å². The van der Waals surface area contributed by atoms with E-state index in [1.165, 1.54) is 12.1 Å². The molecule has 7 nitrogen and oxygen atoms in total. The van der Waals surface area contributed by atoms with Gasteiger partial charge in [0.15, 0.2) is 0 Å². The summed E-state index contributed by atoms with van der Waals surface area (Å²) < 4.78 is 52.8. The van der Waals surface area contributed by atoms with Crippen LogP contribution in [0.25, 0.3) is 0 Å². The van der Waals surface area contributed by atoms with Crippen molar-refractivity contribution in [3.63, 3.8) is 0 Å². The van der Waals surface area contributed by atoms with E-state index in [9.17, 15) is 18.0 Å². The highest BCUT2D eigenvalue weighted by atomic mass is 35.5. The van der Waals surface area contributed by atoms with Gasteiger partial charge in [0, 0.05) is 69.5 Å². The van der Waals surface area contributed by atoms with E-state index in [1.807, 2.05) is 4.90 Å². The molecule has 1 aromatic heterocycles. The number of amides is 1. The third-order valence-corrected chi connectivity index (χ3v) is 7.41. The van der Waals surface area contributed by atoms with Crippen LogP contribution >= 0.6 is 11.6 Å². The van der Waals surface area contributed by atoms with Crippen molar-refractivity contribution in [2.24, 2.45) is 0 Å². The van der Waals surface area contributed by atoms with Crippen LogP contribution in [0.1, 0.15) is 33.7 Å². The number of fused-ring (bicyclic) bond motifs is 1. The van der Waals surface area contributed by atoms with Crippen LogP contribution < -0.4 is 10.2 Å². The van der Waals surface area contributed by atoms with Crippen LogP contribution in [-0.2, 0) is 19.5 Å². The molecule has 0 spiro atoms. The number of benzene rings is 2. The van der Waals surface area contributed by atoms with Gasteiger partial charge in [0.05, 0.1) is 35.4 Å². The van der Waals surface area contributed by atoms with Crippen LogP contribution in [-0.4, -0.2) is 71.1 Å². The second-order valence-electron chi connectivity index (χ2n) is 9.91. The highest BCUT2D eigenvalue weighted by molar-refractivity contribution is 6.31. The van der Waals surface area contributed by atoms with Crippen molar-refractivity contribution in [3.8, 4) is 0 Å². The number of aromatic nitrogens is 2. The summed E-state index contributed by atoms with van der Waals surface area (Å²) in [6, 6.07) is 9.60. The number of alkyl halides is 3. The standard InChI is InChI=1S/C27H29ClF4N6O/c28-19-2-4-23(25(14-19)38-11-9-36(10-12-38)8-6-27(30,31)32)35-26(39)20-3-1-18(13-21(20)29)15-37-7-5-22-24(16-37)34-17-33-22/h1-4,13-14,17H,5-12,15-16H2,(H,33,34)(H,35,39). The molecule has 0 aliphatic carbocycles. The minimum atomic E-state index is -4.19. The molecular formula is C27H29ClF4N6O. The normalized spacial score (nSPS) is 16.8. The first kappa shape index (κ1) is 27.4. The van der Waals surface area contributed by atoms with Crippen molar-refractivity contribution >= 4 is 28.9 Å². The molecule has 2 N–H and O–H groups in total. The Kier molecular flexibility index (Phi) is 8.11. The van der Waals surface area contributed by atoms with Gasteiger partial charge in [-0.25, -0.2) is 9.37 Å². The SMILES string of the molecule is O=C(Nc1ccc(Cl)cc1N1CCN(CCC(F)(F)F)CC1)c1ccc(CN2CCc3[nH]cnc3C2)cc1F. The lowest BCUT2D eigenvalue weighted by Crippen LogP contribution is -2.47. The highest BCUT2D eigenvalue weighted by Crippen LogP contribution is 2.31. The van der Waals surface area contributed by atoms with Gasteiger partial charge in [0.2, 0.25) is 0 Å². The number of piperazine rings is 1. The fourth-order valence-corrected chi connectivity index (χ4v) is 5.22. The molecule has 39 heavy (non-hydrogen) atoms. The maximum atomic E-state index is 15.1. The lowest BCUT2D eigenvalue weighted by molar-refractivity contribution is -0.138. The summed E-state index contributed by atoms with van der Waals surface area (Å²) in [7, 11) is 0. The van der Waals surface area contributed by atoms with Crippen molar-refractivity contribution in [2.75, 3.05) is 49.5 Å². The molecule has 0 bridgehead atoms. The first-order chi connectivity index (χ1) is 18.6. The minimum absolute atomic E-state index is 0.0481. The number of carbonyl (C=O) groups excluding carboxylic acids is 1. The first-order valence-corrected chi connectivity index (χ1v) is 13.2. The van der Waals surface area contributed by atoms with Gasteiger partial charge < -0.3 is 15.2 Å². The van der Waals surface area contributed by atoms with E-state index in [1.54, 1.807) is 35.5 Å². The zero-order valence-electron chi connectivity index (χ0n) is 21.2. The summed E-state index contributed by atoms with van der Waals surface area (Å²) in [6.07, 6.45) is -2.50. The zero-order chi connectivity index (χ0) is 27.6. The fourth-order valence-electron chi connectivity index (χ4n) is 5.06. The summed E-state index contributed by atoms with van der Waals surface area (Å²) >= 11 is 6.22. The molecule has 1 fully saturated rings. The molecule has 2 aromatic carbocycles. The van der Waals surface area contributed by atoms with E-state index in [4.69, 9.17) is 11.6 Å². The maximum absolute atomic E-state index is 15.1. The number of hydrogen-bond donors (Lipinski definition) is 2. The van der Waals surface area contributed by atoms with Gasteiger partial charge in [0.1, 0.15) is 5.82 Å². The Morgan fingerprint density at radius 2 is 1.85 bits per heavy atom. The summed E-state index contributed by atoms with van der Waals surface area (Å²) in [4.78, 5) is 26.4. The fraction of sp³-hybridized carbons (Fsp3) is 0.407. The Hall–Kier alpha value is -3.15. The van der Waals surface area contributed by atoms with E-state index in [2.05, 4.69) is 20.2 Å². The molecule has 2 aliphatic heterocycles. The van der Waals surface area contributed by atoms with Gasteiger partial charge >= 0.3 is 6.18 Å². The molecule has 3 aromatic rings. The number of H-pyrrole nitrogens is 1. The number of nitrogens with zero attached hydrogens (tertiary/aromatic N) is 4. The number of hydrogen-bond acceptors (Lipinski definition) is 5. The molecular weight excluding hydrogens is 536 g/mol. The molecule has 208 valence electrons. The molecule has 1 amide bonds. The Morgan fingerprint density at radius 3 is 2.59 bits per heavy atom. The van der Waals surface area contributed by atoms with Gasteiger partial charge in [-0.3, -0.25) is 14.6 Å². The van der Waals surface area contributed by atoms with E-state index < -0.39 is 24.3 Å². The van der Waals surface area contributed by atoms with Gasteiger partial charge in [-0.05, 0) is 35.9 Å². The quantitative estimate of drug-likeness (QED) is 0.392. The molecule has 0 radical (unpaired) electrons. The third-order valence-electron chi connectivity index (χ3n) is 7.18. The van der Waals surface area contributed by atoms with Crippen molar-refractivity contribution in [1.29, 1.82) is 0 Å². The van der Waals surface area contributed by atoms with Gasteiger partial charge in [-0.15, -0.1) is 0 Å². The Bertz CT molecular complexity index is 1320. The van der Waals surface area contributed by atoms with E-state index in [0.29, 0.717) is 55.7 Å². The molecule has 5 rings (SSSR count). The molecule has 12 heteroatoms. The van der Waals surface area contributed by atoms with Crippen molar-refractivity contribution < 1.29 is 22.4 Å². The topological polar surface area (TPSA) is 67.5 Å². The smallest absolute Gasteiger partial charge is 0.367 e. The third kappa shape index (κ3) is 6.90. The molecule has 0 saturated carbocycles. The van der Waals surface area contributed by atoms with Crippen LogP contribution in [0.2, 0.25) is 5.02 Å². The first-order valence-electron chi connectivity index (χ1n) is 12.8. The van der Waals surface area contributed by atoms with Crippen molar-refractivity contribution in [2.45, 2.75) is 32.1 Å². The van der Waals surface area contributed by atoms with Gasteiger partial charge in [-0.2, -0.15) is 13.2 Å². The second kappa shape index (κ2) is 11.5. The Balaban J connectivity index is 1.22. The lowest BCUT2D eigenvalue weighted by Gasteiger charge is -2.37. The maximum Gasteiger partial charge on any atom is 0.390 e. The van der Waals surface area contributed by atoms with Crippen LogP contribution in [0.3, 0.4) is 0 Å². The highest BCUT2D eigenvalue weighted by Gasteiger charge is 2.29. The largest absolute Gasteiger partial charge is 0.390 e. The van der Waals surface area contributed by atoms with Crippen molar-refractivity contribution in [1.82, 2.24) is 19.8 Å². The number of nitrogens with one attached hydrogen (secondary N) is 2. The molecule has 3 heterocycles. The predicted molar refractivity (Wildman–Crippen MR) is 142 cm³/mol. The number of imidazole rings is 1. The zero-order valence-corrected chi connectivity index (χ0v) is 22.0. The molecule has 0 unspecified atom stereocenters. The van der Waals surface area contributed by atoms with Gasteiger partial charge in [0.25, 0.3) is 5.91 Å². The summed E-state index contributed by atoms with van der Waals surface area (Å²) in [5, 5.41) is 3.25. The summed E-state index contributed by atoms with van der Waals surface area (Å²) in [5.74, 6) is -1.21. The van der Waals surface area contributed by atoms with E-state index >= 15 is 4.39 Å². The number of halogens is 5. The molecule has 1 saturated heterocycles. The predicted octanol–water partition coefficient (Wildman–Crippen LogP) is 5.09. The number of anilines is 2. The van der Waals surface area contributed by atoms with Crippen LogP contribution in [0.4, 0.5) is 28.9 Å². The number of rotatable bonds is 7. The van der Waals surface area contributed by atoms with E-state index in [-0.39, 0.29) is 12.1 Å². The second-order valence-corrected chi connectivity index (χ2v) is 10.3. The van der Waals surface area contributed by atoms with Crippen LogP contribution in [0, 0.1) is 5.82 Å². The number of carbonyl (C=O) groups is 1. The molecule has 2 aliphatic rings. The molecule has 0 atom stereocenters. The Morgan fingerprint density at radius 1 is 1.05 bits per heavy atom. The van der Waals surface area contributed by atoms with Crippen LogP contribution in [0.15, 0.2) is 42.7 Å². The average molecular weight is 565 g/mol. The summed E-state index contributed by atoms with van der Waals surface area (Å²) in [5.41, 5.74) is 3.92. The van der Waals surface area contributed by atoms with E-state index in [0.717, 1.165) is 29.9 Å². The lowest BCUT2D eigenvalue weighted by atomic mass is 10.1. The van der Waals surface area contributed by atoms with Crippen LogP contribution in [0.5, 0.6) is 0 Å². The monoisotopic (exact) mass is 564 g/mol. The number of aromatic amines is 1.